The van der Waals surface area contributed by atoms with Gasteiger partial charge in [-0.3, -0.25) is 0 Å². The van der Waals surface area contributed by atoms with Crippen LogP contribution in [0.25, 0.3) is 7.24 Å². The Morgan fingerprint density at radius 2 is 1.07 bits per heavy atom. The minimum absolute atomic E-state index is 0.286. The van der Waals surface area contributed by atoms with E-state index in [1.54, 1.807) is 14.2 Å². The second kappa shape index (κ2) is 8.73. The van der Waals surface area contributed by atoms with Crippen LogP contribution in [0.2, 0.25) is 0 Å². The molecule has 4 rings (SSSR count). The van der Waals surface area contributed by atoms with Crippen molar-refractivity contribution >= 4 is 40.3 Å². The summed E-state index contributed by atoms with van der Waals surface area (Å²) in [6.07, 6.45) is 0. The van der Waals surface area contributed by atoms with Gasteiger partial charge in [0.25, 0.3) is 0 Å². The Morgan fingerprint density at radius 1 is 0.607 bits per heavy atom. The van der Waals surface area contributed by atoms with Gasteiger partial charge in [-0.1, -0.05) is 0 Å². The molecule has 4 heteroatoms. The van der Waals surface area contributed by atoms with E-state index >= 15 is 0 Å². The van der Waals surface area contributed by atoms with Gasteiger partial charge >= 0.3 is 177 Å². The maximum atomic E-state index is 5.33. The first-order valence-corrected chi connectivity index (χ1v) is 11.5. The molecule has 0 aromatic heterocycles. The number of hydrogen-bond donors (Lipinski definition) is 0. The molecule has 28 heavy (non-hydrogen) atoms. The SMILES string of the molecule is COc1ccc(C2=CB(c3ccccc3)C=C(c3ccc(OC)cc3)[Te]2)cc1. The predicted molar refractivity (Wildman–Crippen MR) is 120 cm³/mol. The summed E-state index contributed by atoms with van der Waals surface area (Å²) in [5, 5.41) is 0. The molecule has 0 unspecified atom stereocenters. The maximum absolute atomic E-state index is 5.33. The monoisotopic (exact) mass is 482 g/mol. The fraction of sp³-hybridized carbons (Fsp3) is 0.0833. The van der Waals surface area contributed by atoms with E-state index in [0.29, 0.717) is 0 Å². The van der Waals surface area contributed by atoms with Crippen LogP contribution in [0.15, 0.2) is 90.8 Å². The minimum atomic E-state index is -0.497. The van der Waals surface area contributed by atoms with Gasteiger partial charge in [0.15, 0.2) is 0 Å². The molecule has 0 saturated heterocycles. The Hall–Kier alpha value is -2.41. The number of rotatable bonds is 5. The van der Waals surface area contributed by atoms with Crippen molar-refractivity contribution in [3.05, 3.63) is 102 Å². The van der Waals surface area contributed by atoms with E-state index in [9.17, 15) is 0 Å². The van der Waals surface area contributed by atoms with Crippen LogP contribution in [-0.2, 0) is 0 Å². The second-order valence-corrected chi connectivity index (χ2v) is 9.65. The Kier molecular flexibility index (Phi) is 5.91. The molecule has 1 heterocycles. The standard InChI is InChI=1S/C24H21BO2Te/c1-26-21-12-8-18(9-13-21)23-16-25(20-6-4-3-5-7-20)17-24(28-23)19-10-14-22(27-2)15-11-19/h3-17H,1-2H3. The normalized spacial score (nSPS) is 13.6. The molecule has 0 saturated carbocycles. The third-order valence-electron chi connectivity index (χ3n) is 4.82. The topological polar surface area (TPSA) is 18.5 Å². The summed E-state index contributed by atoms with van der Waals surface area (Å²) in [7, 11) is 3.41. The summed E-state index contributed by atoms with van der Waals surface area (Å²) in [6, 6.07) is 27.6. The summed E-state index contributed by atoms with van der Waals surface area (Å²) in [4.78, 5) is 0. The van der Waals surface area contributed by atoms with Crippen molar-refractivity contribution in [1.82, 2.24) is 0 Å². The van der Waals surface area contributed by atoms with Crippen molar-refractivity contribution in [2.75, 3.05) is 14.2 Å². The van der Waals surface area contributed by atoms with E-state index in [-0.39, 0.29) is 6.71 Å². The van der Waals surface area contributed by atoms with Crippen LogP contribution in [0, 0.1) is 0 Å². The number of ether oxygens (including phenoxy) is 2. The van der Waals surface area contributed by atoms with Gasteiger partial charge in [0, 0.05) is 0 Å². The van der Waals surface area contributed by atoms with Crippen LogP contribution >= 0.6 is 0 Å². The van der Waals surface area contributed by atoms with Gasteiger partial charge in [-0.15, -0.1) is 0 Å². The molecule has 0 aliphatic carbocycles. The molecule has 1 aliphatic heterocycles. The van der Waals surface area contributed by atoms with E-state index in [4.69, 9.17) is 9.47 Å². The van der Waals surface area contributed by atoms with Gasteiger partial charge in [0.1, 0.15) is 0 Å². The van der Waals surface area contributed by atoms with Crippen molar-refractivity contribution in [2.24, 2.45) is 0 Å². The number of benzene rings is 3. The summed E-state index contributed by atoms with van der Waals surface area (Å²) in [5.41, 5.74) is 3.91. The third kappa shape index (κ3) is 4.19. The molecule has 1 aliphatic rings. The average molecular weight is 480 g/mol. The molecule has 0 amide bonds. The van der Waals surface area contributed by atoms with Crippen molar-refractivity contribution < 1.29 is 9.47 Å². The van der Waals surface area contributed by atoms with Gasteiger partial charge in [0.05, 0.1) is 0 Å². The summed E-state index contributed by atoms with van der Waals surface area (Å²) < 4.78 is 13.6. The second-order valence-electron chi connectivity index (χ2n) is 6.56. The van der Waals surface area contributed by atoms with E-state index in [1.165, 1.54) is 23.8 Å². The molecule has 3 aromatic rings. The first-order chi connectivity index (χ1) is 13.8. The van der Waals surface area contributed by atoms with Gasteiger partial charge in [0.2, 0.25) is 0 Å². The molecule has 3 aromatic carbocycles. The molecule has 0 radical (unpaired) electrons. The van der Waals surface area contributed by atoms with E-state index < -0.39 is 20.9 Å². The molecule has 0 bridgehead atoms. The molecule has 2 nitrogen and oxygen atoms in total. The zero-order valence-electron chi connectivity index (χ0n) is 16.0. The predicted octanol–water partition coefficient (Wildman–Crippen LogP) is 4.28. The van der Waals surface area contributed by atoms with Gasteiger partial charge in [-0.2, -0.15) is 0 Å². The van der Waals surface area contributed by atoms with Crippen LogP contribution in [0.1, 0.15) is 11.1 Å². The fourth-order valence-corrected chi connectivity index (χ4v) is 6.60. The summed E-state index contributed by atoms with van der Waals surface area (Å²) in [6.45, 7) is 0.286. The fourth-order valence-electron chi connectivity index (χ4n) is 3.25. The quantitative estimate of drug-likeness (QED) is 0.509. The van der Waals surface area contributed by atoms with E-state index in [1.807, 2.05) is 24.3 Å². The summed E-state index contributed by atoms with van der Waals surface area (Å²) >= 11 is -0.497. The van der Waals surface area contributed by atoms with Crippen LogP contribution < -0.4 is 14.9 Å². The zero-order chi connectivity index (χ0) is 19.3. The molecule has 0 atom stereocenters. The van der Waals surface area contributed by atoms with Crippen LogP contribution in [0.5, 0.6) is 11.5 Å². The number of hydrogen-bond acceptors (Lipinski definition) is 2. The third-order valence-corrected chi connectivity index (χ3v) is 8.19. The van der Waals surface area contributed by atoms with Crippen LogP contribution in [-0.4, -0.2) is 41.9 Å². The summed E-state index contributed by atoms with van der Waals surface area (Å²) in [5.74, 6) is 6.66. The first-order valence-electron chi connectivity index (χ1n) is 9.22. The van der Waals surface area contributed by atoms with Crippen LogP contribution in [0.3, 0.4) is 0 Å². The molecule has 0 N–H and O–H groups in total. The van der Waals surface area contributed by atoms with E-state index in [0.717, 1.165) is 11.5 Å². The molecule has 0 fully saturated rings. The molecule has 0 spiro atoms. The Balaban J connectivity index is 1.73. The number of methoxy groups -OCH3 is 2. The van der Waals surface area contributed by atoms with Gasteiger partial charge in [-0.05, 0) is 0 Å². The zero-order valence-corrected chi connectivity index (χ0v) is 18.3. The van der Waals surface area contributed by atoms with Crippen molar-refractivity contribution in [2.45, 2.75) is 0 Å². The first kappa shape index (κ1) is 18.9. The molecular weight excluding hydrogens is 459 g/mol. The van der Waals surface area contributed by atoms with Gasteiger partial charge in [-0.25, -0.2) is 0 Å². The van der Waals surface area contributed by atoms with Gasteiger partial charge < -0.3 is 0 Å². The van der Waals surface area contributed by atoms with Crippen molar-refractivity contribution in [3.8, 4) is 11.5 Å². The Bertz CT molecular complexity index is 930. The Labute approximate surface area is 177 Å². The molecular formula is C24H21BO2Te. The van der Waals surface area contributed by atoms with Crippen LogP contribution in [0.4, 0.5) is 0 Å². The van der Waals surface area contributed by atoms with E-state index in [2.05, 4.69) is 66.5 Å². The van der Waals surface area contributed by atoms with Crippen molar-refractivity contribution in [1.29, 1.82) is 0 Å². The average Bonchev–Trinajstić information content (AvgIpc) is 2.79. The molecule has 138 valence electrons. The van der Waals surface area contributed by atoms with Crippen molar-refractivity contribution in [3.63, 3.8) is 0 Å². The Morgan fingerprint density at radius 3 is 1.50 bits per heavy atom.